The number of hydroxylamine groups is 2. The molecule has 0 aliphatic rings. The van der Waals surface area contributed by atoms with Gasteiger partial charge in [-0.3, -0.25) is 0 Å². The first kappa shape index (κ1) is 11.8. The summed E-state index contributed by atoms with van der Waals surface area (Å²) in [7, 11) is 2.99. The van der Waals surface area contributed by atoms with E-state index in [1.165, 1.54) is 18.4 Å². The van der Waals surface area contributed by atoms with Crippen molar-refractivity contribution >= 4 is 0 Å². The minimum absolute atomic E-state index is 0. The van der Waals surface area contributed by atoms with Crippen LogP contribution in [-0.4, -0.2) is 19.2 Å². The molecule has 4 nitrogen and oxygen atoms in total. The van der Waals surface area contributed by atoms with E-state index in [1.54, 1.807) is 19.2 Å². The van der Waals surface area contributed by atoms with E-state index in [1.807, 2.05) is 0 Å². The monoisotopic (exact) mass is 163 g/mol. The van der Waals surface area contributed by atoms with Crippen molar-refractivity contribution in [2.45, 2.75) is 6.23 Å². The molecule has 1 atom stereocenters. The summed E-state index contributed by atoms with van der Waals surface area (Å²) >= 11 is 0. The van der Waals surface area contributed by atoms with Gasteiger partial charge in [-0.25, -0.2) is 0 Å². The molecular formula is C7H10LiNO3. The van der Waals surface area contributed by atoms with E-state index in [9.17, 15) is 5.11 Å². The maximum Gasteiger partial charge on any atom is 1.00 e. The van der Waals surface area contributed by atoms with Gasteiger partial charge in [0.05, 0.1) is 13.4 Å². The van der Waals surface area contributed by atoms with Crippen LogP contribution < -0.4 is 24.0 Å². The summed E-state index contributed by atoms with van der Waals surface area (Å²) in [5, 5.41) is 12.4. The minimum Gasteiger partial charge on any atom is -0.833 e. The van der Waals surface area contributed by atoms with Crippen molar-refractivity contribution in [3.63, 3.8) is 0 Å². The molecule has 62 valence electrons. The molecule has 1 aromatic rings. The molecule has 0 spiro atoms. The van der Waals surface area contributed by atoms with E-state index in [0.29, 0.717) is 5.76 Å². The Balaban J connectivity index is 0.00000121. The average molecular weight is 163 g/mol. The van der Waals surface area contributed by atoms with Crippen LogP contribution in [0.25, 0.3) is 0 Å². The fourth-order valence-electron chi connectivity index (χ4n) is 0.707. The molecular weight excluding hydrogens is 153 g/mol. The zero-order valence-corrected chi connectivity index (χ0v) is 7.48. The number of furan rings is 1. The molecule has 0 saturated carbocycles. The zero-order chi connectivity index (χ0) is 8.27. The second-order valence-corrected chi connectivity index (χ2v) is 2.10. The standard InChI is InChI=1S/C7H10NO3.Li/c1-8(10-2)7(9)6-4-3-5-11-6;/h3-5,7H,1-2H3;/q-1;+1. The second kappa shape index (κ2) is 5.41. The van der Waals surface area contributed by atoms with E-state index in [0.717, 1.165) is 0 Å². The molecule has 12 heavy (non-hydrogen) atoms. The van der Waals surface area contributed by atoms with E-state index in [4.69, 9.17) is 9.25 Å². The van der Waals surface area contributed by atoms with Crippen LogP contribution in [-0.2, 0) is 4.84 Å². The van der Waals surface area contributed by atoms with Crippen molar-refractivity contribution in [2.24, 2.45) is 0 Å². The van der Waals surface area contributed by atoms with E-state index in [2.05, 4.69) is 0 Å². The molecule has 0 saturated heterocycles. The van der Waals surface area contributed by atoms with Crippen molar-refractivity contribution < 1.29 is 33.2 Å². The second-order valence-electron chi connectivity index (χ2n) is 2.10. The fraction of sp³-hybridized carbons (Fsp3) is 0.429. The average Bonchev–Trinajstić information content (AvgIpc) is 2.53. The number of hydrogen-bond donors (Lipinski definition) is 0. The molecule has 0 aliphatic heterocycles. The number of nitrogens with zero attached hydrogens (tertiary/aromatic N) is 1. The Morgan fingerprint density at radius 1 is 1.67 bits per heavy atom. The molecule has 0 fully saturated rings. The molecule has 0 N–H and O–H groups in total. The smallest absolute Gasteiger partial charge is 0.833 e. The Bertz CT molecular complexity index is 202. The molecule has 0 radical (unpaired) electrons. The van der Waals surface area contributed by atoms with Gasteiger partial charge in [-0.2, -0.15) is 5.06 Å². The van der Waals surface area contributed by atoms with Crippen LogP contribution in [0.4, 0.5) is 0 Å². The van der Waals surface area contributed by atoms with Gasteiger partial charge in [0, 0.05) is 13.3 Å². The van der Waals surface area contributed by atoms with Crippen LogP contribution in [0, 0.1) is 0 Å². The summed E-state index contributed by atoms with van der Waals surface area (Å²) in [6.45, 7) is 0. The first-order chi connectivity index (χ1) is 5.25. The molecule has 1 aromatic heterocycles. The molecule has 0 aromatic carbocycles. The molecule has 1 heterocycles. The zero-order valence-electron chi connectivity index (χ0n) is 7.48. The summed E-state index contributed by atoms with van der Waals surface area (Å²) in [5.41, 5.74) is 0. The van der Waals surface area contributed by atoms with Gasteiger partial charge < -0.3 is 14.4 Å². The van der Waals surface area contributed by atoms with Crippen molar-refractivity contribution in [1.82, 2.24) is 5.06 Å². The van der Waals surface area contributed by atoms with Crippen LogP contribution in [0.1, 0.15) is 12.0 Å². The maximum atomic E-state index is 11.2. The predicted octanol–water partition coefficient (Wildman–Crippen LogP) is -2.86. The summed E-state index contributed by atoms with van der Waals surface area (Å²) in [5.74, 6) is 0.356. The van der Waals surface area contributed by atoms with Gasteiger partial charge >= 0.3 is 18.9 Å². The minimum atomic E-state index is -1.09. The van der Waals surface area contributed by atoms with Crippen molar-refractivity contribution in [2.75, 3.05) is 14.2 Å². The normalized spacial score (nSPS) is 12.7. The summed E-state index contributed by atoms with van der Waals surface area (Å²) in [6.07, 6.45) is 0.374. The molecule has 1 unspecified atom stereocenters. The SMILES string of the molecule is CON(C)C([O-])c1ccco1.[Li+]. The van der Waals surface area contributed by atoms with Crippen molar-refractivity contribution in [3.05, 3.63) is 24.2 Å². The first-order valence-corrected chi connectivity index (χ1v) is 3.22. The van der Waals surface area contributed by atoms with E-state index >= 15 is 0 Å². The maximum absolute atomic E-state index is 11.2. The Hall–Kier alpha value is -0.243. The number of rotatable bonds is 3. The topological polar surface area (TPSA) is 48.7 Å². The predicted molar refractivity (Wildman–Crippen MR) is 36.2 cm³/mol. The van der Waals surface area contributed by atoms with Gasteiger partial charge in [0.25, 0.3) is 0 Å². The van der Waals surface area contributed by atoms with Crippen LogP contribution in [0.15, 0.2) is 22.8 Å². The molecule has 0 bridgehead atoms. The number of hydrogen-bond acceptors (Lipinski definition) is 4. The van der Waals surface area contributed by atoms with Gasteiger partial charge in [-0.05, 0) is 12.1 Å². The van der Waals surface area contributed by atoms with Gasteiger partial charge in [-0.1, -0.05) is 0 Å². The summed E-state index contributed by atoms with van der Waals surface area (Å²) < 4.78 is 4.88. The van der Waals surface area contributed by atoms with Gasteiger partial charge in [0.1, 0.15) is 5.76 Å². The largest absolute Gasteiger partial charge is 1.00 e. The quantitative estimate of drug-likeness (QED) is 0.273. The fourth-order valence-corrected chi connectivity index (χ4v) is 0.707. The van der Waals surface area contributed by atoms with Crippen LogP contribution in [0.2, 0.25) is 0 Å². The Morgan fingerprint density at radius 2 is 2.33 bits per heavy atom. The third-order valence-electron chi connectivity index (χ3n) is 1.40. The Kier molecular flexibility index (Phi) is 5.30. The summed E-state index contributed by atoms with van der Waals surface area (Å²) in [6, 6.07) is 3.29. The van der Waals surface area contributed by atoms with Crippen molar-refractivity contribution in [3.8, 4) is 0 Å². The van der Waals surface area contributed by atoms with Gasteiger partial charge in [-0.15, -0.1) is 0 Å². The third-order valence-corrected chi connectivity index (χ3v) is 1.40. The molecule has 0 aliphatic carbocycles. The van der Waals surface area contributed by atoms with Crippen LogP contribution >= 0.6 is 0 Å². The van der Waals surface area contributed by atoms with Gasteiger partial charge in [0.15, 0.2) is 0 Å². The molecule has 1 rings (SSSR count). The van der Waals surface area contributed by atoms with Crippen LogP contribution in [0.5, 0.6) is 0 Å². The Morgan fingerprint density at radius 3 is 2.75 bits per heavy atom. The van der Waals surface area contributed by atoms with E-state index in [-0.39, 0.29) is 18.9 Å². The summed E-state index contributed by atoms with van der Waals surface area (Å²) in [4.78, 5) is 4.70. The van der Waals surface area contributed by atoms with Crippen molar-refractivity contribution in [1.29, 1.82) is 0 Å². The van der Waals surface area contributed by atoms with E-state index < -0.39 is 6.23 Å². The molecule has 5 heteroatoms. The first-order valence-electron chi connectivity index (χ1n) is 3.22. The van der Waals surface area contributed by atoms with Gasteiger partial charge in [0.2, 0.25) is 0 Å². The Labute approximate surface area is 83.2 Å². The third kappa shape index (κ3) is 2.66. The molecule has 0 amide bonds. The van der Waals surface area contributed by atoms with Crippen LogP contribution in [0.3, 0.4) is 0 Å².